The fourth-order valence-corrected chi connectivity index (χ4v) is 4.18. The monoisotopic (exact) mass is 579 g/mol. The van der Waals surface area contributed by atoms with E-state index in [1.165, 1.54) is 18.2 Å². The van der Waals surface area contributed by atoms with Crippen LogP contribution in [0.5, 0.6) is 23.0 Å². The zero-order valence-electron chi connectivity index (χ0n) is 23.6. The third-order valence-corrected chi connectivity index (χ3v) is 6.31. The van der Waals surface area contributed by atoms with E-state index in [-0.39, 0.29) is 19.0 Å². The number of hydrogen-bond donors (Lipinski definition) is 0. The molecule has 0 aliphatic carbocycles. The predicted molar refractivity (Wildman–Crippen MR) is 161 cm³/mol. The Hall–Kier alpha value is -5.64. The number of carbonyl (C=O) groups excluding carboxylic acids is 1. The number of nitrogens with zero attached hydrogens (tertiary/aromatic N) is 3. The molecular weight excluding hydrogens is 550 g/mol. The van der Waals surface area contributed by atoms with Crippen LogP contribution in [0.1, 0.15) is 16.8 Å². The molecular formula is C33H29N3O7. The van der Waals surface area contributed by atoms with E-state index in [9.17, 15) is 9.59 Å². The van der Waals surface area contributed by atoms with Crippen molar-refractivity contribution in [2.24, 2.45) is 0 Å². The van der Waals surface area contributed by atoms with E-state index >= 15 is 0 Å². The lowest BCUT2D eigenvalue weighted by Crippen LogP contribution is -2.10. The van der Waals surface area contributed by atoms with Gasteiger partial charge in [0.1, 0.15) is 36.0 Å². The summed E-state index contributed by atoms with van der Waals surface area (Å²) in [7, 11) is 3.15. The number of para-hydroxylation sites is 1. The summed E-state index contributed by atoms with van der Waals surface area (Å²) in [6.45, 7) is 0.864. The van der Waals surface area contributed by atoms with Crippen molar-refractivity contribution in [3.8, 4) is 23.0 Å². The topological polar surface area (TPSA) is 115 Å². The van der Waals surface area contributed by atoms with Gasteiger partial charge in [-0.3, -0.25) is 4.79 Å². The molecule has 0 bridgehead atoms. The summed E-state index contributed by atoms with van der Waals surface area (Å²) in [5, 5.41) is 9.00. The molecule has 0 aliphatic heterocycles. The minimum atomic E-state index is -0.473. The number of methoxy groups -OCH3 is 2. The van der Waals surface area contributed by atoms with Crippen LogP contribution in [0, 0.1) is 0 Å². The van der Waals surface area contributed by atoms with Gasteiger partial charge >= 0.3 is 5.63 Å². The van der Waals surface area contributed by atoms with Crippen molar-refractivity contribution in [2.75, 3.05) is 20.8 Å². The van der Waals surface area contributed by atoms with Crippen LogP contribution in [0.25, 0.3) is 23.1 Å². The minimum Gasteiger partial charge on any atom is -0.497 e. The maximum atomic E-state index is 12.3. The number of hydrogen-bond acceptors (Lipinski definition) is 9. The van der Waals surface area contributed by atoms with E-state index in [4.69, 9.17) is 23.4 Å². The molecule has 2 aromatic heterocycles. The average molecular weight is 580 g/mol. The van der Waals surface area contributed by atoms with Crippen molar-refractivity contribution in [1.82, 2.24) is 15.0 Å². The lowest BCUT2D eigenvalue weighted by Gasteiger charge is -2.10. The van der Waals surface area contributed by atoms with E-state index in [0.717, 1.165) is 22.3 Å². The quantitative estimate of drug-likeness (QED) is 0.134. The second-order valence-electron chi connectivity index (χ2n) is 9.29. The molecule has 5 aromatic rings. The van der Waals surface area contributed by atoms with Crippen LogP contribution in [-0.2, 0) is 17.9 Å². The molecule has 3 aromatic carbocycles. The highest BCUT2D eigenvalue weighted by molar-refractivity contribution is 6.04. The van der Waals surface area contributed by atoms with Crippen LogP contribution >= 0.6 is 0 Å². The summed E-state index contributed by atoms with van der Waals surface area (Å²) in [6.07, 6.45) is 8.20. The maximum absolute atomic E-state index is 12.3. The van der Waals surface area contributed by atoms with Crippen molar-refractivity contribution in [2.45, 2.75) is 13.2 Å². The molecule has 0 radical (unpaired) electrons. The highest BCUT2D eigenvalue weighted by Crippen LogP contribution is 2.29. The third-order valence-electron chi connectivity index (χ3n) is 6.31. The molecule has 0 saturated carbocycles. The average Bonchev–Trinajstić information content (AvgIpc) is 3.49. The molecule has 0 atom stereocenters. The first-order chi connectivity index (χ1) is 21.0. The van der Waals surface area contributed by atoms with Crippen LogP contribution in [0.15, 0.2) is 100 Å². The standard InChI is InChI=1S/C33H29N3O7/c1-39-27-7-5-6-23(18-27)10-13-26(37)14-11-24-12-15-30(32(19-24)40-2)42-22-25-21-36(35-34-25)16-17-41-31-20-33(38)43-29-9-4-3-8-28(29)31/h3-15,18-21H,16-17,22H2,1-2H3/b13-10+,14-11+. The number of fused-ring (bicyclic) bond motifs is 1. The summed E-state index contributed by atoms with van der Waals surface area (Å²) in [5.41, 5.74) is 2.26. The van der Waals surface area contributed by atoms with Gasteiger partial charge in [0.05, 0.1) is 38.4 Å². The molecule has 43 heavy (non-hydrogen) atoms. The molecule has 2 heterocycles. The van der Waals surface area contributed by atoms with Crippen LogP contribution in [0.4, 0.5) is 0 Å². The Morgan fingerprint density at radius 2 is 1.67 bits per heavy atom. The molecule has 0 N–H and O–H groups in total. The maximum Gasteiger partial charge on any atom is 0.339 e. The lowest BCUT2D eigenvalue weighted by molar-refractivity contribution is -0.110. The Labute approximate surface area is 247 Å². The first-order valence-corrected chi connectivity index (χ1v) is 13.4. The second kappa shape index (κ2) is 13.8. The van der Waals surface area contributed by atoms with E-state index in [1.54, 1.807) is 61.5 Å². The highest BCUT2D eigenvalue weighted by Gasteiger charge is 2.09. The number of ketones is 1. The van der Waals surface area contributed by atoms with Gasteiger partial charge in [0.15, 0.2) is 17.3 Å². The molecule has 0 saturated heterocycles. The Balaban J connectivity index is 1.13. The van der Waals surface area contributed by atoms with Crippen molar-refractivity contribution in [3.63, 3.8) is 0 Å². The second-order valence-corrected chi connectivity index (χ2v) is 9.29. The summed E-state index contributed by atoms with van der Waals surface area (Å²) in [5.74, 6) is 2.07. The van der Waals surface area contributed by atoms with Gasteiger partial charge in [0.2, 0.25) is 0 Å². The largest absolute Gasteiger partial charge is 0.497 e. The van der Waals surface area contributed by atoms with E-state index < -0.39 is 5.63 Å². The van der Waals surface area contributed by atoms with Crippen molar-refractivity contribution < 1.29 is 28.2 Å². The Kier molecular flexibility index (Phi) is 9.28. The van der Waals surface area contributed by atoms with Crippen molar-refractivity contribution in [1.29, 1.82) is 0 Å². The molecule has 218 valence electrons. The number of ether oxygens (including phenoxy) is 4. The van der Waals surface area contributed by atoms with E-state index in [1.807, 2.05) is 42.5 Å². The van der Waals surface area contributed by atoms with Gasteiger partial charge in [0.25, 0.3) is 0 Å². The Morgan fingerprint density at radius 3 is 2.49 bits per heavy atom. The van der Waals surface area contributed by atoms with E-state index in [2.05, 4.69) is 10.3 Å². The first kappa shape index (κ1) is 28.9. The Bertz CT molecular complexity index is 1840. The Morgan fingerprint density at radius 1 is 0.860 bits per heavy atom. The van der Waals surface area contributed by atoms with Gasteiger partial charge in [-0.25, -0.2) is 9.48 Å². The summed E-state index contributed by atoms with van der Waals surface area (Å²) in [6, 6.07) is 21.4. The number of rotatable bonds is 13. The summed E-state index contributed by atoms with van der Waals surface area (Å²) >= 11 is 0. The third kappa shape index (κ3) is 7.76. The number of aromatic nitrogens is 3. The van der Waals surface area contributed by atoms with Gasteiger partial charge in [-0.15, -0.1) is 5.10 Å². The van der Waals surface area contributed by atoms with Gasteiger partial charge in [0, 0.05) is 0 Å². The number of carbonyl (C=O) groups is 1. The smallest absolute Gasteiger partial charge is 0.339 e. The highest BCUT2D eigenvalue weighted by atomic mass is 16.5. The van der Waals surface area contributed by atoms with Gasteiger partial charge < -0.3 is 23.4 Å². The van der Waals surface area contributed by atoms with Gasteiger partial charge in [-0.05, 0) is 59.7 Å². The molecule has 0 spiro atoms. The van der Waals surface area contributed by atoms with Crippen molar-refractivity contribution in [3.05, 3.63) is 118 Å². The fraction of sp³-hybridized carbons (Fsp3) is 0.152. The molecule has 10 heteroatoms. The molecule has 0 unspecified atom stereocenters. The van der Waals surface area contributed by atoms with Crippen LogP contribution in [0.2, 0.25) is 0 Å². The molecule has 5 rings (SSSR count). The van der Waals surface area contributed by atoms with Crippen LogP contribution in [0.3, 0.4) is 0 Å². The van der Waals surface area contributed by atoms with Gasteiger partial charge in [-0.1, -0.05) is 47.7 Å². The SMILES string of the molecule is COc1cccc(/C=C/C(=O)/C=C/c2ccc(OCc3cn(CCOc4cc(=O)oc5ccccc45)nn3)c(OC)c2)c1. The molecule has 0 amide bonds. The molecule has 0 fully saturated rings. The molecule has 10 nitrogen and oxygen atoms in total. The van der Waals surface area contributed by atoms with Crippen molar-refractivity contribution >= 4 is 28.9 Å². The summed E-state index contributed by atoms with van der Waals surface area (Å²) < 4.78 is 29.3. The molecule has 0 aliphatic rings. The minimum absolute atomic E-state index is 0.154. The summed E-state index contributed by atoms with van der Waals surface area (Å²) in [4.78, 5) is 24.2. The zero-order chi connectivity index (χ0) is 30.0. The van der Waals surface area contributed by atoms with Crippen LogP contribution < -0.4 is 24.6 Å². The van der Waals surface area contributed by atoms with Gasteiger partial charge in [-0.2, -0.15) is 0 Å². The fourth-order valence-electron chi connectivity index (χ4n) is 4.18. The number of allylic oxidation sites excluding steroid dienone is 2. The number of benzene rings is 3. The normalized spacial score (nSPS) is 11.3. The zero-order valence-corrected chi connectivity index (χ0v) is 23.6. The van der Waals surface area contributed by atoms with Crippen LogP contribution in [-0.4, -0.2) is 41.6 Å². The first-order valence-electron chi connectivity index (χ1n) is 13.4. The predicted octanol–water partition coefficient (Wildman–Crippen LogP) is 5.36. The lowest BCUT2D eigenvalue weighted by atomic mass is 10.1. The van der Waals surface area contributed by atoms with E-state index in [0.29, 0.717) is 35.1 Å².